The molecule has 3 amide bonds. The second kappa shape index (κ2) is 14.2. The molecular weight excluding hydrogens is 426 g/mol. The predicted molar refractivity (Wildman–Crippen MR) is 125 cm³/mol. The summed E-state index contributed by atoms with van der Waals surface area (Å²) in [5, 5.41) is 17.0. The third-order valence-electron chi connectivity index (χ3n) is 5.20. The highest BCUT2D eigenvalue weighted by Gasteiger charge is 2.29. The van der Waals surface area contributed by atoms with Crippen LogP contribution in [0.5, 0.6) is 0 Å². The van der Waals surface area contributed by atoms with Crippen molar-refractivity contribution in [2.24, 2.45) is 17.4 Å². The van der Waals surface area contributed by atoms with Crippen molar-refractivity contribution in [3.63, 3.8) is 0 Å². The Morgan fingerprint density at radius 3 is 2.09 bits per heavy atom. The number of carbonyl (C=O) groups excluding carboxylic acids is 3. The molecule has 0 bridgehead atoms. The molecule has 4 unspecified atom stereocenters. The van der Waals surface area contributed by atoms with E-state index in [0.29, 0.717) is 25.8 Å². The first-order chi connectivity index (χ1) is 15.6. The van der Waals surface area contributed by atoms with E-state index >= 15 is 0 Å². The fourth-order valence-electron chi connectivity index (χ4n) is 3.17. The smallest absolute Gasteiger partial charge is 0.326 e. The van der Waals surface area contributed by atoms with E-state index in [9.17, 15) is 24.3 Å². The zero-order chi connectivity index (χ0) is 25.0. The maximum absolute atomic E-state index is 12.7. The van der Waals surface area contributed by atoms with Gasteiger partial charge in [-0.3, -0.25) is 14.4 Å². The summed E-state index contributed by atoms with van der Waals surface area (Å²) in [5.74, 6) is -3.15. The van der Waals surface area contributed by atoms with Crippen molar-refractivity contribution < 1.29 is 24.3 Å². The van der Waals surface area contributed by atoms with Gasteiger partial charge in [0, 0.05) is 0 Å². The van der Waals surface area contributed by atoms with Gasteiger partial charge in [0.2, 0.25) is 17.7 Å². The molecule has 1 rings (SSSR count). The zero-order valence-corrected chi connectivity index (χ0v) is 19.5. The summed E-state index contributed by atoms with van der Waals surface area (Å²) in [5.41, 5.74) is 12.4. The Labute approximate surface area is 194 Å². The Balaban J connectivity index is 2.74. The van der Waals surface area contributed by atoms with Crippen LogP contribution >= 0.6 is 0 Å². The highest BCUT2D eigenvalue weighted by atomic mass is 16.4. The van der Waals surface area contributed by atoms with E-state index in [1.54, 1.807) is 13.8 Å². The zero-order valence-electron chi connectivity index (χ0n) is 19.5. The van der Waals surface area contributed by atoms with Gasteiger partial charge in [-0.15, -0.1) is 0 Å². The number of carboxylic acid groups (broad SMARTS) is 1. The van der Waals surface area contributed by atoms with Crippen LogP contribution in [-0.4, -0.2) is 59.5 Å². The lowest BCUT2D eigenvalue weighted by Gasteiger charge is -2.25. The molecule has 0 saturated heterocycles. The van der Waals surface area contributed by atoms with Crippen molar-refractivity contribution in [2.75, 3.05) is 6.54 Å². The van der Waals surface area contributed by atoms with Gasteiger partial charge >= 0.3 is 5.97 Å². The van der Waals surface area contributed by atoms with E-state index in [2.05, 4.69) is 16.0 Å². The number of aliphatic carboxylic acids is 1. The van der Waals surface area contributed by atoms with Crippen LogP contribution in [0.3, 0.4) is 0 Å². The molecule has 1 aromatic carbocycles. The standard InChI is InChI=1S/C23H37N5O5/c1-14(2)19(23(32)33)28-22(31)18(11-7-8-12-24)27-20(29)15(3)26-21(30)17(25)13-16-9-5-4-6-10-16/h4-6,9-10,14-15,17-19H,7-8,11-13,24-25H2,1-3H3,(H,26,30)(H,27,29)(H,28,31)(H,32,33). The third kappa shape index (κ3) is 10.0. The van der Waals surface area contributed by atoms with Gasteiger partial charge in [-0.1, -0.05) is 44.2 Å². The van der Waals surface area contributed by atoms with E-state index in [0.717, 1.165) is 5.56 Å². The Hall–Kier alpha value is -2.98. The molecule has 8 N–H and O–H groups in total. The van der Waals surface area contributed by atoms with Crippen LogP contribution in [0.4, 0.5) is 0 Å². The number of nitrogens with one attached hydrogen (secondary N) is 3. The van der Waals surface area contributed by atoms with Crippen LogP contribution in [0, 0.1) is 5.92 Å². The summed E-state index contributed by atoms with van der Waals surface area (Å²) in [6.07, 6.45) is 1.81. The maximum Gasteiger partial charge on any atom is 0.326 e. The lowest BCUT2D eigenvalue weighted by Crippen LogP contribution is -2.57. The van der Waals surface area contributed by atoms with Crippen molar-refractivity contribution in [3.05, 3.63) is 35.9 Å². The number of nitrogens with two attached hydrogens (primary N) is 2. The lowest BCUT2D eigenvalue weighted by molar-refractivity contribution is -0.143. The summed E-state index contributed by atoms with van der Waals surface area (Å²) in [4.78, 5) is 49.2. The number of carboxylic acids is 1. The molecule has 184 valence electrons. The largest absolute Gasteiger partial charge is 0.480 e. The first-order valence-corrected chi connectivity index (χ1v) is 11.2. The van der Waals surface area contributed by atoms with Gasteiger partial charge in [0.1, 0.15) is 18.1 Å². The van der Waals surface area contributed by atoms with Crippen molar-refractivity contribution in [1.82, 2.24) is 16.0 Å². The molecular formula is C23H37N5O5. The van der Waals surface area contributed by atoms with E-state index in [-0.39, 0.29) is 12.3 Å². The highest BCUT2D eigenvalue weighted by molar-refractivity contribution is 5.93. The van der Waals surface area contributed by atoms with Gasteiger partial charge in [-0.25, -0.2) is 4.79 Å². The fraction of sp³-hybridized carbons (Fsp3) is 0.565. The Bertz CT molecular complexity index is 787. The van der Waals surface area contributed by atoms with E-state index in [4.69, 9.17) is 11.5 Å². The Kier molecular flexibility index (Phi) is 12.1. The third-order valence-corrected chi connectivity index (χ3v) is 5.20. The first-order valence-electron chi connectivity index (χ1n) is 11.2. The average Bonchev–Trinajstić information content (AvgIpc) is 2.76. The molecule has 0 radical (unpaired) electrons. The van der Waals surface area contributed by atoms with Crippen LogP contribution in [0.25, 0.3) is 0 Å². The Morgan fingerprint density at radius 2 is 1.55 bits per heavy atom. The topological polar surface area (TPSA) is 177 Å². The van der Waals surface area contributed by atoms with Crippen LogP contribution in [0.1, 0.15) is 45.6 Å². The molecule has 33 heavy (non-hydrogen) atoms. The first kappa shape index (κ1) is 28.1. The molecule has 0 aliphatic heterocycles. The van der Waals surface area contributed by atoms with Crippen molar-refractivity contribution in [2.45, 2.75) is 70.6 Å². The van der Waals surface area contributed by atoms with E-state index in [1.807, 2.05) is 30.3 Å². The van der Waals surface area contributed by atoms with Crippen LogP contribution in [0.15, 0.2) is 30.3 Å². The van der Waals surface area contributed by atoms with Gasteiger partial charge in [-0.2, -0.15) is 0 Å². The molecule has 0 spiro atoms. The van der Waals surface area contributed by atoms with Gasteiger partial charge < -0.3 is 32.5 Å². The van der Waals surface area contributed by atoms with Crippen molar-refractivity contribution in [3.8, 4) is 0 Å². The number of hydrogen-bond acceptors (Lipinski definition) is 6. The Morgan fingerprint density at radius 1 is 0.909 bits per heavy atom. The van der Waals surface area contributed by atoms with Crippen molar-refractivity contribution >= 4 is 23.7 Å². The van der Waals surface area contributed by atoms with Crippen molar-refractivity contribution in [1.29, 1.82) is 0 Å². The molecule has 0 aliphatic carbocycles. The van der Waals surface area contributed by atoms with Crippen LogP contribution in [0.2, 0.25) is 0 Å². The van der Waals surface area contributed by atoms with Crippen LogP contribution in [-0.2, 0) is 25.6 Å². The number of hydrogen-bond donors (Lipinski definition) is 6. The van der Waals surface area contributed by atoms with Gasteiger partial charge in [0.05, 0.1) is 6.04 Å². The average molecular weight is 464 g/mol. The fourth-order valence-corrected chi connectivity index (χ4v) is 3.17. The second-order valence-electron chi connectivity index (χ2n) is 8.44. The molecule has 0 aromatic heterocycles. The molecule has 0 saturated carbocycles. The molecule has 1 aromatic rings. The second-order valence-corrected chi connectivity index (χ2v) is 8.44. The molecule has 4 atom stereocenters. The normalized spacial score (nSPS) is 14.6. The number of carbonyl (C=O) groups is 4. The number of amides is 3. The molecule has 0 aliphatic rings. The quantitative estimate of drug-likeness (QED) is 0.209. The number of unbranched alkanes of at least 4 members (excludes halogenated alkanes) is 1. The number of benzene rings is 1. The molecule has 0 fully saturated rings. The monoisotopic (exact) mass is 463 g/mol. The lowest BCUT2D eigenvalue weighted by atomic mass is 10.0. The summed E-state index contributed by atoms with van der Waals surface area (Å²) < 4.78 is 0. The minimum Gasteiger partial charge on any atom is -0.480 e. The van der Waals surface area contributed by atoms with E-state index in [1.165, 1.54) is 6.92 Å². The van der Waals surface area contributed by atoms with Gasteiger partial charge in [0.15, 0.2) is 0 Å². The van der Waals surface area contributed by atoms with Crippen LogP contribution < -0.4 is 27.4 Å². The molecule has 10 heteroatoms. The summed E-state index contributed by atoms with van der Waals surface area (Å²) in [7, 11) is 0. The minimum atomic E-state index is -1.15. The minimum absolute atomic E-state index is 0.285. The molecule has 10 nitrogen and oxygen atoms in total. The highest BCUT2D eigenvalue weighted by Crippen LogP contribution is 2.07. The summed E-state index contributed by atoms with van der Waals surface area (Å²) in [6, 6.07) is 5.45. The molecule has 0 heterocycles. The van der Waals surface area contributed by atoms with Gasteiger partial charge in [-0.05, 0) is 50.6 Å². The predicted octanol–water partition coefficient (Wildman–Crippen LogP) is -0.0997. The van der Waals surface area contributed by atoms with Gasteiger partial charge in [0.25, 0.3) is 0 Å². The summed E-state index contributed by atoms with van der Waals surface area (Å²) >= 11 is 0. The van der Waals surface area contributed by atoms with E-state index < -0.39 is 47.9 Å². The summed E-state index contributed by atoms with van der Waals surface area (Å²) in [6.45, 7) is 5.28. The maximum atomic E-state index is 12.7. The SMILES string of the molecule is CC(NC(=O)C(N)Cc1ccccc1)C(=O)NC(CCCCN)C(=O)NC(C(=O)O)C(C)C. The number of rotatable bonds is 14.